The zero-order valence-electron chi connectivity index (χ0n) is 28.2. The number of benzene rings is 4. The number of para-hydroxylation sites is 2. The molecule has 5 heteroatoms. The van der Waals surface area contributed by atoms with Crippen molar-refractivity contribution >= 4 is 22.7 Å². The number of rotatable bonds is 4. The molecule has 0 fully saturated rings. The third-order valence-electron chi connectivity index (χ3n) is 11.2. The summed E-state index contributed by atoms with van der Waals surface area (Å²) in [6, 6.07) is 39.0. The first-order valence-corrected chi connectivity index (χ1v) is 17.5. The predicted molar refractivity (Wildman–Crippen MR) is 203 cm³/mol. The fourth-order valence-corrected chi connectivity index (χ4v) is 8.85. The van der Waals surface area contributed by atoms with Crippen molar-refractivity contribution in [1.29, 1.82) is 15.8 Å². The van der Waals surface area contributed by atoms with Gasteiger partial charge in [0, 0.05) is 51.0 Å². The van der Waals surface area contributed by atoms with E-state index in [2.05, 4.69) is 131 Å². The Morgan fingerprint density at radius 3 is 2.51 bits per heavy atom. The van der Waals surface area contributed by atoms with Crippen molar-refractivity contribution in [3.63, 3.8) is 0 Å². The fourth-order valence-electron chi connectivity index (χ4n) is 8.85. The molecule has 0 saturated carbocycles. The normalized spacial score (nSPS) is 22.6. The largest absolute Gasteiger partial charge is 0.335 e. The van der Waals surface area contributed by atoms with Gasteiger partial charge >= 0.3 is 0 Å². The summed E-state index contributed by atoms with van der Waals surface area (Å²) in [6.07, 6.45) is 18.7. The highest BCUT2D eigenvalue weighted by Crippen LogP contribution is 2.54. The summed E-state index contributed by atoms with van der Waals surface area (Å²) in [5.41, 5.74) is 11.2. The number of hydrogen-bond donors (Lipinski definition) is 0. The summed E-state index contributed by atoms with van der Waals surface area (Å²) in [7, 11) is 0. The Kier molecular flexibility index (Phi) is 7.03. The van der Waals surface area contributed by atoms with Crippen molar-refractivity contribution in [3.05, 3.63) is 173 Å². The van der Waals surface area contributed by atoms with E-state index in [1.165, 1.54) is 22.2 Å². The van der Waals surface area contributed by atoms with Crippen LogP contribution in [0.2, 0.25) is 0 Å². The average Bonchev–Trinajstić information content (AvgIpc) is 3.70. The molecule has 0 amide bonds. The van der Waals surface area contributed by atoms with Gasteiger partial charge in [-0.25, -0.2) is 0 Å². The Bertz CT molecular complexity index is 2570. The van der Waals surface area contributed by atoms with Crippen molar-refractivity contribution in [1.82, 2.24) is 4.57 Å². The van der Waals surface area contributed by atoms with Crippen molar-refractivity contribution in [3.8, 4) is 35.0 Å². The van der Waals surface area contributed by atoms with Crippen LogP contribution >= 0.6 is 0 Å². The van der Waals surface area contributed by atoms with Crippen LogP contribution in [0, 0.1) is 39.4 Å². The quantitative estimate of drug-likeness (QED) is 0.193. The van der Waals surface area contributed by atoms with E-state index in [9.17, 15) is 15.8 Å². The van der Waals surface area contributed by atoms with E-state index in [1.54, 1.807) is 0 Å². The monoisotopic (exact) mass is 655 g/mol. The zero-order chi connectivity index (χ0) is 34.7. The maximum absolute atomic E-state index is 11.1. The molecule has 2 heterocycles. The van der Waals surface area contributed by atoms with E-state index < -0.39 is 5.41 Å². The summed E-state index contributed by atoms with van der Waals surface area (Å²) < 4.78 is 2.41. The van der Waals surface area contributed by atoms with E-state index in [1.807, 2.05) is 43.4 Å². The summed E-state index contributed by atoms with van der Waals surface area (Å²) in [6.45, 7) is 2.03. The minimum atomic E-state index is -0.935. The Morgan fingerprint density at radius 1 is 0.824 bits per heavy atom. The van der Waals surface area contributed by atoms with Crippen LogP contribution in [-0.4, -0.2) is 10.6 Å². The summed E-state index contributed by atoms with van der Waals surface area (Å²) in [5, 5.41) is 32.3. The maximum atomic E-state index is 11.1. The van der Waals surface area contributed by atoms with E-state index in [4.69, 9.17) is 0 Å². The Hall–Kier alpha value is -6.61. The van der Waals surface area contributed by atoms with Crippen LogP contribution in [0.15, 0.2) is 145 Å². The van der Waals surface area contributed by atoms with Crippen molar-refractivity contribution in [2.45, 2.75) is 37.6 Å². The number of nitriles is 3. The fraction of sp³-hybridized carbons (Fsp3) is 0.152. The summed E-state index contributed by atoms with van der Waals surface area (Å²) >= 11 is 0. The van der Waals surface area contributed by atoms with Gasteiger partial charge in [-0.15, -0.1) is 0 Å². The lowest BCUT2D eigenvalue weighted by Crippen LogP contribution is -2.41. The van der Waals surface area contributed by atoms with Crippen LogP contribution in [0.3, 0.4) is 0 Å². The minimum absolute atomic E-state index is 0.160. The van der Waals surface area contributed by atoms with E-state index >= 15 is 0 Å². The SMILES string of the molecule is CC1(C#N)C(N2c3cccc(C#N)c3C3C=C(C#N)C=CC32)=CC=CC1c1cccc(-c2ccccc2-n2c3c(c4ccccc42)CCC=C3)c1. The average molecular weight is 656 g/mol. The number of nitrogens with zero attached hydrogens (tertiary/aromatic N) is 5. The number of allylic oxidation sites excluding steroid dienone is 7. The second kappa shape index (κ2) is 11.8. The molecule has 4 atom stereocenters. The van der Waals surface area contributed by atoms with Crippen LogP contribution < -0.4 is 4.90 Å². The van der Waals surface area contributed by atoms with Crippen LogP contribution in [0.5, 0.6) is 0 Å². The van der Waals surface area contributed by atoms with Crippen molar-refractivity contribution in [2.24, 2.45) is 5.41 Å². The molecule has 4 unspecified atom stereocenters. The molecule has 0 N–H and O–H groups in total. The first-order chi connectivity index (χ1) is 25.1. The lowest BCUT2D eigenvalue weighted by atomic mass is 9.69. The molecule has 5 nitrogen and oxygen atoms in total. The van der Waals surface area contributed by atoms with Crippen molar-refractivity contribution in [2.75, 3.05) is 4.90 Å². The molecule has 5 aromatic rings. The molecule has 4 aromatic carbocycles. The van der Waals surface area contributed by atoms with Gasteiger partial charge in [-0.1, -0.05) is 97.1 Å². The van der Waals surface area contributed by atoms with E-state index in [0.717, 1.165) is 52.2 Å². The Morgan fingerprint density at radius 2 is 1.65 bits per heavy atom. The topological polar surface area (TPSA) is 79.5 Å². The van der Waals surface area contributed by atoms with E-state index in [-0.39, 0.29) is 17.9 Å². The maximum Gasteiger partial charge on any atom is 0.105 e. The molecule has 9 rings (SSSR count). The number of aromatic nitrogens is 1. The number of hydrogen-bond acceptors (Lipinski definition) is 4. The summed E-state index contributed by atoms with van der Waals surface area (Å²) in [5.74, 6) is -0.411. The molecule has 0 bridgehead atoms. The van der Waals surface area contributed by atoms with E-state index in [0.29, 0.717) is 11.1 Å². The molecule has 242 valence electrons. The van der Waals surface area contributed by atoms with Gasteiger partial charge in [0.25, 0.3) is 0 Å². The van der Waals surface area contributed by atoms with Crippen LogP contribution in [0.1, 0.15) is 53.1 Å². The molecule has 0 spiro atoms. The number of anilines is 1. The first-order valence-electron chi connectivity index (χ1n) is 17.5. The first kappa shape index (κ1) is 30.4. The number of aryl methyl sites for hydroxylation is 1. The van der Waals surface area contributed by atoms with Gasteiger partial charge < -0.3 is 9.47 Å². The van der Waals surface area contributed by atoms with Gasteiger partial charge in [0.2, 0.25) is 0 Å². The molecule has 1 aromatic heterocycles. The van der Waals surface area contributed by atoms with Gasteiger partial charge in [-0.2, -0.15) is 15.8 Å². The standard InChI is InChI=1S/C46H33N5/c1-46(29-49)38(17-10-22-44(46)51-42-24-23-30(27-47)25-37(42)45-33(28-48)13-9-21-43(45)51)32-12-8-11-31(26-32)34-14-2-5-18-39(34)50-40-19-6-3-15-35(40)36-16-4-7-20-41(36)50/h2-3,5-15,17-26,37-38,42H,4,16H2,1H3. The zero-order valence-corrected chi connectivity index (χ0v) is 28.2. The lowest BCUT2D eigenvalue weighted by Gasteiger charge is -2.42. The molecule has 0 radical (unpaired) electrons. The lowest BCUT2D eigenvalue weighted by molar-refractivity contribution is 0.443. The van der Waals surface area contributed by atoms with Gasteiger partial charge in [0.1, 0.15) is 5.41 Å². The molecule has 0 saturated heterocycles. The highest BCUT2D eigenvalue weighted by atomic mass is 15.2. The molecule has 3 aliphatic carbocycles. The molecular formula is C46H33N5. The molecule has 51 heavy (non-hydrogen) atoms. The van der Waals surface area contributed by atoms with Crippen LogP contribution in [-0.2, 0) is 6.42 Å². The molecule has 4 aliphatic rings. The third kappa shape index (κ3) is 4.51. The van der Waals surface area contributed by atoms with Gasteiger partial charge in [-0.3, -0.25) is 0 Å². The molecular weight excluding hydrogens is 623 g/mol. The third-order valence-corrected chi connectivity index (χ3v) is 11.2. The summed E-state index contributed by atoms with van der Waals surface area (Å²) in [4.78, 5) is 2.23. The van der Waals surface area contributed by atoms with Crippen LogP contribution in [0.4, 0.5) is 5.69 Å². The van der Waals surface area contributed by atoms with Gasteiger partial charge in [0.15, 0.2) is 0 Å². The Labute approximate surface area is 297 Å². The minimum Gasteiger partial charge on any atom is -0.335 e. The highest BCUT2D eigenvalue weighted by Gasteiger charge is 2.48. The second-order valence-electron chi connectivity index (χ2n) is 13.9. The van der Waals surface area contributed by atoms with Crippen LogP contribution in [0.25, 0.3) is 33.8 Å². The van der Waals surface area contributed by atoms with Gasteiger partial charge in [0.05, 0.1) is 41.0 Å². The van der Waals surface area contributed by atoms with Crippen molar-refractivity contribution < 1.29 is 0 Å². The predicted octanol–water partition coefficient (Wildman–Crippen LogP) is 10.2. The Balaban J connectivity index is 1.15. The number of fused-ring (bicyclic) bond motifs is 6. The smallest absolute Gasteiger partial charge is 0.105 e. The highest BCUT2D eigenvalue weighted by molar-refractivity contribution is 5.92. The molecule has 1 aliphatic heterocycles. The second-order valence-corrected chi connectivity index (χ2v) is 13.9. The van der Waals surface area contributed by atoms with Gasteiger partial charge in [-0.05, 0) is 78.9 Å².